The number of benzene rings is 1. The van der Waals surface area contributed by atoms with Crippen LogP contribution < -0.4 is 5.32 Å². The van der Waals surface area contributed by atoms with Gasteiger partial charge in [-0.15, -0.1) is 0 Å². The van der Waals surface area contributed by atoms with Gasteiger partial charge in [0.2, 0.25) is 0 Å². The number of carbonyl (C=O) groups is 1. The number of nitrogens with one attached hydrogen (secondary N) is 1. The Labute approximate surface area is 120 Å². The number of methoxy groups -OCH3 is 1. The van der Waals surface area contributed by atoms with Gasteiger partial charge in [0, 0.05) is 18.2 Å². The van der Waals surface area contributed by atoms with Crippen LogP contribution in [0, 0.1) is 11.3 Å². The molecule has 0 amide bonds. The molecule has 0 radical (unpaired) electrons. The van der Waals surface area contributed by atoms with Crippen LogP contribution in [0.25, 0.3) is 0 Å². The fourth-order valence-electron chi connectivity index (χ4n) is 1.61. The SMILES string of the molecule is COCCCC(Nc1cc(Br)ccc1C#N)C(=O)O. The molecular weight excluding hydrogens is 312 g/mol. The van der Waals surface area contributed by atoms with Crippen LogP contribution >= 0.6 is 15.9 Å². The molecule has 1 atom stereocenters. The molecule has 102 valence electrons. The van der Waals surface area contributed by atoms with Crippen molar-refractivity contribution < 1.29 is 14.6 Å². The highest BCUT2D eigenvalue weighted by Crippen LogP contribution is 2.22. The second-order valence-electron chi connectivity index (χ2n) is 3.97. The van der Waals surface area contributed by atoms with E-state index < -0.39 is 12.0 Å². The van der Waals surface area contributed by atoms with E-state index in [-0.39, 0.29) is 0 Å². The Kier molecular flexibility index (Phi) is 6.33. The fraction of sp³-hybridized carbons (Fsp3) is 0.385. The first kappa shape index (κ1) is 15.5. The maximum atomic E-state index is 11.2. The zero-order valence-electron chi connectivity index (χ0n) is 10.5. The third kappa shape index (κ3) is 4.89. The van der Waals surface area contributed by atoms with Gasteiger partial charge in [0.25, 0.3) is 0 Å². The van der Waals surface area contributed by atoms with Crippen LogP contribution in [0.2, 0.25) is 0 Å². The lowest BCUT2D eigenvalue weighted by molar-refractivity contribution is -0.138. The zero-order chi connectivity index (χ0) is 14.3. The molecule has 0 aliphatic carbocycles. The van der Waals surface area contributed by atoms with E-state index in [9.17, 15) is 4.79 Å². The summed E-state index contributed by atoms with van der Waals surface area (Å²) in [6, 6.07) is 6.37. The number of halogens is 1. The van der Waals surface area contributed by atoms with Crippen molar-refractivity contribution in [2.24, 2.45) is 0 Å². The van der Waals surface area contributed by atoms with Gasteiger partial charge in [0.1, 0.15) is 12.1 Å². The third-order valence-corrected chi connectivity index (χ3v) is 3.06. The van der Waals surface area contributed by atoms with E-state index >= 15 is 0 Å². The summed E-state index contributed by atoms with van der Waals surface area (Å²) in [4.78, 5) is 11.2. The van der Waals surface area contributed by atoms with Crippen molar-refractivity contribution in [2.75, 3.05) is 19.0 Å². The fourth-order valence-corrected chi connectivity index (χ4v) is 1.97. The highest BCUT2D eigenvalue weighted by atomic mass is 79.9. The minimum Gasteiger partial charge on any atom is -0.480 e. The summed E-state index contributed by atoms with van der Waals surface area (Å²) in [5.74, 6) is -0.944. The summed E-state index contributed by atoms with van der Waals surface area (Å²) in [7, 11) is 1.57. The molecule has 0 bridgehead atoms. The largest absolute Gasteiger partial charge is 0.480 e. The molecule has 1 aromatic rings. The van der Waals surface area contributed by atoms with E-state index in [1.54, 1.807) is 25.3 Å². The van der Waals surface area contributed by atoms with Gasteiger partial charge in [0.15, 0.2) is 0 Å². The highest BCUT2D eigenvalue weighted by Gasteiger charge is 2.18. The van der Waals surface area contributed by atoms with Gasteiger partial charge >= 0.3 is 5.97 Å². The third-order valence-electron chi connectivity index (χ3n) is 2.57. The molecule has 1 aromatic carbocycles. The first-order valence-electron chi connectivity index (χ1n) is 5.76. The molecule has 0 saturated carbocycles. The Morgan fingerprint density at radius 3 is 2.95 bits per heavy atom. The molecule has 1 unspecified atom stereocenters. The minimum atomic E-state index is -0.944. The van der Waals surface area contributed by atoms with Crippen molar-refractivity contribution in [1.82, 2.24) is 0 Å². The van der Waals surface area contributed by atoms with Gasteiger partial charge in [-0.3, -0.25) is 0 Å². The van der Waals surface area contributed by atoms with Gasteiger partial charge in [-0.1, -0.05) is 15.9 Å². The quantitative estimate of drug-likeness (QED) is 0.752. The second kappa shape index (κ2) is 7.77. The van der Waals surface area contributed by atoms with Crippen LogP contribution in [0.15, 0.2) is 22.7 Å². The molecule has 0 fully saturated rings. The number of nitrogens with zero attached hydrogens (tertiary/aromatic N) is 1. The summed E-state index contributed by atoms with van der Waals surface area (Å²) < 4.78 is 5.69. The standard InChI is InChI=1S/C13H15BrN2O3/c1-19-6-2-3-11(13(17)18)16-12-7-10(14)5-4-9(12)8-15/h4-5,7,11,16H,2-3,6H2,1H3,(H,17,18). The Morgan fingerprint density at radius 2 is 2.37 bits per heavy atom. The Balaban J connectivity index is 2.81. The number of ether oxygens (including phenoxy) is 1. The minimum absolute atomic E-state index is 0.418. The maximum absolute atomic E-state index is 11.2. The lowest BCUT2D eigenvalue weighted by Crippen LogP contribution is -2.29. The zero-order valence-corrected chi connectivity index (χ0v) is 12.1. The van der Waals surface area contributed by atoms with Crippen LogP contribution in [0.5, 0.6) is 0 Å². The number of hydrogen-bond acceptors (Lipinski definition) is 4. The molecule has 0 aliphatic rings. The smallest absolute Gasteiger partial charge is 0.326 e. The number of carboxylic acids is 1. The molecule has 6 heteroatoms. The predicted molar refractivity (Wildman–Crippen MR) is 75.0 cm³/mol. The Morgan fingerprint density at radius 1 is 1.63 bits per heavy atom. The lowest BCUT2D eigenvalue weighted by atomic mass is 10.1. The van der Waals surface area contributed by atoms with Crippen molar-refractivity contribution in [3.8, 4) is 6.07 Å². The molecule has 0 aliphatic heterocycles. The van der Waals surface area contributed by atoms with Gasteiger partial charge in [-0.2, -0.15) is 5.26 Å². The van der Waals surface area contributed by atoms with Crippen LogP contribution in [-0.4, -0.2) is 30.8 Å². The Hall–Kier alpha value is -1.58. The van der Waals surface area contributed by atoms with Crippen LogP contribution in [-0.2, 0) is 9.53 Å². The van der Waals surface area contributed by atoms with Gasteiger partial charge in [0.05, 0.1) is 11.3 Å². The van der Waals surface area contributed by atoms with E-state index in [1.807, 2.05) is 6.07 Å². The maximum Gasteiger partial charge on any atom is 0.326 e. The van der Waals surface area contributed by atoms with Crippen molar-refractivity contribution in [1.29, 1.82) is 5.26 Å². The second-order valence-corrected chi connectivity index (χ2v) is 4.89. The summed E-state index contributed by atoms with van der Waals surface area (Å²) in [6.07, 6.45) is 1.07. The van der Waals surface area contributed by atoms with Crippen LogP contribution in [0.4, 0.5) is 5.69 Å². The molecule has 0 heterocycles. The monoisotopic (exact) mass is 326 g/mol. The van der Waals surface area contributed by atoms with E-state index in [0.717, 1.165) is 4.47 Å². The average Bonchev–Trinajstić information content (AvgIpc) is 2.38. The average molecular weight is 327 g/mol. The van der Waals surface area contributed by atoms with E-state index in [1.165, 1.54) is 0 Å². The number of hydrogen-bond donors (Lipinski definition) is 2. The number of aliphatic carboxylic acids is 1. The van der Waals surface area contributed by atoms with Gasteiger partial charge < -0.3 is 15.2 Å². The molecule has 19 heavy (non-hydrogen) atoms. The molecule has 5 nitrogen and oxygen atoms in total. The summed E-state index contributed by atoms with van der Waals surface area (Å²) in [5, 5.41) is 21.1. The van der Waals surface area contributed by atoms with Crippen molar-refractivity contribution in [2.45, 2.75) is 18.9 Å². The molecular formula is C13H15BrN2O3. The van der Waals surface area contributed by atoms with E-state index in [4.69, 9.17) is 15.1 Å². The number of rotatable bonds is 7. The van der Waals surface area contributed by atoms with Gasteiger partial charge in [-0.05, 0) is 31.0 Å². The molecule has 0 saturated heterocycles. The van der Waals surface area contributed by atoms with Gasteiger partial charge in [-0.25, -0.2) is 4.79 Å². The molecule has 0 spiro atoms. The molecule has 0 aromatic heterocycles. The number of carboxylic acid groups (broad SMARTS) is 1. The van der Waals surface area contributed by atoms with E-state index in [0.29, 0.717) is 30.7 Å². The van der Waals surface area contributed by atoms with Crippen LogP contribution in [0.1, 0.15) is 18.4 Å². The molecule has 2 N–H and O–H groups in total. The van der Waals surface area contributed by atoms with Crippen molar-refractivity contribution in [3.05, 3.63) is 28.2 Å². The first-order valence-corrected chi connectivity index (χ1v) is 6.55. The normalized spacial score (nSPS) is 11.6. The number of anilines is 1. The Bertz CT molecular complexity index is 485. The number of nitriles is 1. The molecule has 1 rings (SSSR count). The lowest BCUT2D eigenvalue weighted by Gasteiger charge is -2.16. The van der Waals surface area contributed by atoms with Crippen LogP contribution in [0.3, 0.4) is 0 Å². The summed E-state index contributed by atoms with van der Waals surface area (Å²) in [6.45, 7) is 0.509. The first-order chi connectivity index (χ1) is 9.08. The summed E-state index contributed by atoms with van der Waals surface area (Å²) in [5.41, 5.74) is 0.933. The summed E-state index contributed by atoms with van der Waals surface area (Å²) >= 11 is 3.30. The van der Waals surface area contributed by atoms with Crippen molar-refractivity contribution in [3.63, 3.8) is 0 Å². The van der Waals surface area contributed by atoms with E-state index in [2.05, 4.69) is 21.2 Å². The van der Waals surface area contributed by atoms with Crippen molar-refractivity contribution >= 4 is 27.6 Å². The highest BCUT2D eigenvalue weighted by molar-refractivity contribution is 9.10. The predicted octanol–water partition coefficient (Wildman–Crippen LogP) is 2.61. The topological polar surface area (TPSA) is 82.3 Å².